The fourth-order valence-corrected chi connectivity index (χ4v) is 7.53. The molecule has 0 saturated carbocycles. The van der Waals surface area contributed by atoms with Crippen molar-refractivity contribution in [2.45, 2.75) is 95.7 Å². The lowest BCUT2D eigenvalue weighted by Crippen LogP contribution is -2.63. The molecule has 0 aliphatic carbocycles. The Hall–Kier alpha value is -4.63. The van der Waals surface area contributed by atoms with Crippen molar-refractivity contribution in [1.82, 2.24) is 10.2 Å². The summed E-state index contributed by atoms with van der Waals surface area (Å²) in [5.41, 5.74) is 6.49. The highest BCUT2D eigenvalue weighted by molar-refractivity contribution is 6.34. The first-order valence-corrected chi connectivity index (χ1v) is 18.4. The number of ether oxygens (including phenoxy) is 5. The molecule has 3 aliphatic heterocycles. The molecular formula is C40H51ClN4O10. The van der Waals surface area contributed by atoms with Crippen molar-refractivity contribution in [3.8, 4) is 5.75 Å². The van der Waals surface area contributed by atoms with E-state index in [-0.39, 0.29) is 24.2 Å². The number of nitrogens with zero attached hydrogens (tertiary/aromatic N) is 2. The summed E-state index contributed by atoms with van der Waals surface area (Å²) in [5, 5.41) is 14.7. The summed E-state index contributed by atoms with van der Waals surface area (Å²) in [6, 6.07) is 7.25. The summed E-state index contributed by atoms with van der Waals surface area (Å²) >= 11 is 6.78. The van der Waals surface area contributed by atoms with Gasteiger partial charge < -0.3 is 44.3 Å². The Bertz CT molecular complexity index is 1900. The van der Waals surface area contributed by atoms with Gasteiger partial charge in [0.2, 0.25) is 5.91 Å². The van der Waals surface area contributed by atoms with Crippen molar-refractivity contribution < 1.29 is 48.0 Å². The number of halogens is 1. The smallest absolute Gasteiger partial charge is 0.409 e. The fraction of sp³-hybridized carbons (Fsp3) is 0.500. The predicted molar refractivity (Wildman–Crippen MR) is 206 cm³/mol. The number of carbonyl (C=O) groups excluding carboxylic acids is 4. The van der Waals surface area contributed by atoms with Crippen LogP contribution in [0.25, 0.3) is 0 Å². The van der Waals surface area contributed by atoms with Crippen LogP contribution >= 0.6 is 11.6 Å². The molecule has 4 bridgehead atoms. The maximum atomic E-state index is 14.2. The summed E-state index contributed by atoms with van der Waals surface area (Å²) in [4.78, 5) is 57.2. The molecule has 0 radical (unpaired) electrons. The van der Waals surface area contributed by atoms with E-state index in [4.69, 9.17) is 41.0 Å². The number of fused-ring (bicyclic) bond motifs is 5. The highest BCUT2D eigenvalue weighted by Crippen LogP contribution is 2.49. The topological polar surface area (TPSA) is 182 Å². The van der Waals surface area contributed by atoms with Gasteiger partial charge in [0.25, 0.3) is 5.91 Å². The number of nitrogens with one attached hydrogen (secondary N) is 1. The first-order valence-electron chi connectivity index (χ1n) is 18.1. The predicted octanol–water partition coefficient (Wildman–Crippen LogP) is 4.72. The summed E-state index contributed by atoms with van der Waals surface area (Å²) in [6.45, 7) is 8.82. The number of aryl methyl sites for hydroxylation is 1. The summed E-state index contributed by atoms with van der Waals surface area (Å²) < 4.78 is 29.1. The Kier molecular flexibility index (Phi) is 12.3. The largest absolute Gasteiger partial charge is 0.496 e. The van der Waals surface area contributed by atoms with E-state index in [0.29, 0.717) is 22.8 Å². The molecule has 2 saturated heterocycles. The molecule has 55 heavy (non-hydrogen) atoms. The Morgan fingerprint density at radius 3 is 2.56 bits per heavy atom. The number of aliphatic hydroxyl groups is 1. The Balaban J connectivity index is 1.51. The van der Waals surface area contributed by atoms with Gasteiger partial charge in [-0.15, -0.1) is 0 Å². The van der Waals surface area contributed by atoms with E-state index < -0.39 is 71.6 Å². The summed E-state index contributed by atoms with van der Waals surface area (Å²) in [7, 11) is 5.90. The third-order valence-corrected chi connectivity index (χ3v) is 11.4. The number of esters is 1. The number of nitrogens with two attached hydrogens (primary N) is 1. The minimum atomic E-state index is -1.83. The van der Waals surface area contributed by atoms with Gasteiger partial charge in [-0.05, 0) is 63.4 Å². The molecule has 2 aromatic carbocycles. The summed E-state index contributed by atoms with van der Waals surface area (Å²) in [6.07, 6.45) is 0.953. The molecule has 14 nitrogen and oxygen atoms in total. The van der Waals surface area contributed by atoms with Crippen LogP contribution in [0, 0.1) is 12.8 Å². The molecule has 15 heteroatoms. The van der Waals surface area contributed by atoms with Gasteiger partial charge in [-0.2, -0.15) is 0 Å². The number of anilines is 2. The second kappa shape index (κ2) is 16.2. The van der Waals surface area contributed by atoms with Crippen LogP contribution in [0.5, 0.6) is 5.75 Å². The van der Waals surface area contributed by atoms with Gasteiger partial charge in [0, 0.05) is 45.3 Å². The number of benzene rings is 2. The Morgan fingerprint density at radius 1 is 1.18 bits per heavy atom. The number of hydrogen-bond donors (Lipinski definition) is 3. The molecule has 2 fully saturated rings. The molecule has 298 valence electrons. The number of hydrogen-bond acceptors (Lipinski definition) is 11. The second-order valence-corrected chi connectivity index (χ2v) is 15.3. The molecule has 5 rings (SSSR count). The third kappa shape index (κ3) is 8.62. The van der Waals surface area contributed by atoms with Crippen LogP contribution in [0.3, 0.4) is 0 Å². The second-order valence-electron chi connectivity index (χ2n) is 14.9. The Morgan fingerprint density at radius 2 is 1.89 bits per heavy atom. The Labute approximate surface area is 326 Å². The third-order valence-electron chi connectivity index (χ3n) is 10.9. The SMILES string of the molecule is COc1cc(N)ccc1C(=O)N(C)[C@@H](C)C(=O)O[C@H]1CC(=O)N(C)c2cc(cc(C)c2Cl)C/C(C)=C/C=C/[C@@H](OC)[C@@]2(O)C[C@H](OC(=O)N2)[C@@H](C)[C@@H]2O[C@@]12C. The van der Waals surface area contributed by atoms with Crippen LogP contribution in [0.2, 0.25) is 5.02 Å². The molecule has 0 spiro atoms. The molecule has 3 aliphatic rings. The average Bonchev–Trinajstić information content (AvgIpc) is 3.83. The number of nitrogen functional groups attached to an aromatic ring is 1. The van der Waals surface area contributed by atoms with E-state index in [0.717, 1.165) is 16.7 Å². The first kappa shape index (κ1) is 41.5. The molecule has 3 amide bonds. The quantitative estimate of drug-likeness (QED) is 0.210. The monoisotopic (exact) mass is 782 g/mol. The average molecular weight is 783 g/mol. The number of carbonyl (C=O) groups is 4. The summed E-state index contributed by atoms with van der Waals surface area (Å²) in [5.74, 6) is -2.03. The van der Waals surface area contributed by atoms with E-state index in [1.165, 1.54) is 50.1 Å². The van der Waals surface area contributed by atoms with E-state index in [2.05, 4.69) is 5.32 Å². The lowest BCUT2D eigenvalue weighted by molar-refractivity contribution is -0.158. The van der Waals surface area contributed by atoms with Crippen molar-refractivity contribution >= 4 is 46.9 Å². The highest BCUT2D eigenvalue weighted by atomic mass is 35.5. The van der Waals surface area contributed by atoms with Crippen LogP contribution in [0.15, 0.2) is 54.1 Å². The number of alkyl carbamates (subject to hydrolysis) is 1. The van der Waals surface area contributed by atoms with Gasteiger partial charge in [-0.3, -0.25) is 14.9 Å². The zero-order valence-corrected chi connectivity index (χ0v) is 33.4. The standard InChI is InChI=1S/C40H51ClN4O10/c1-21-11-10-12-31(52-9)40(50)20-30(53-38(49)43-40)23(3)35-39(5,55-35)32(19-33(46)45(7)28-17-25(15-21)16-22(2)34(28)41)54-37(48)24(4)44(6)36(47)27-14-13-26(42)18-29(27)51-8/h10-14,16-18,23-24,30-32,35,50H,15,19-20,42H2,1-9H3,(H,43,49)/b12-10+,21-11+/t23-,24+,30+,31-,32+,35+,39+,40+/m1/s1. The van der Waals surface area contributed by atoms with E-state index >= 15 is 0 Å². The zero-order chi connectivity index (χ0) is 40.6. The van der Waals surface area contributed by atoms with E-state index in [9.17, 15) is 24.3 Å². The van der Waals surface area contributed by atoms with E-state index in [1.54, 1.807) is 39.1 Å². The first-order chi connectivity index (χ1) is 25.8. The van der Waals surface area contributed by atoms with Crippen LogP contribution in [0.4, 0.5) is 16.2 Å². The maximum Gasteiger partial charge on any atom is 0.409 e. The minimum Gasteiger partial charge on any atom is -0.496 e. The normalized spacial score (nSPS) is 30.4. The molecule has 0 aromatic heterocycles. The van der Waals surface area contributed by atoms with Crippen LogP contribution in [0.1, 0.15) is 62.0 Å². The van der Waals surface area contributed by atoms with Crippen molar-refractivity contribution in [1.29, 1.82) is 0 Å². The lowest BCUT2D eigenvalue weighted by Gasteiger charge is -2.42. The highest BCUT2D eigenvalue weighted by Gasteiger charge is 2.64. The lowest BCUT2D eigenvalue weighted by atomic mass is 9.83. The van der Waals surface area contributed by atoms with Gasteiger partial charge in [0.15, 0.2) is 5.72 Å². The number of allylic oxidation sites excluding steroid dienone is 3. The van der Waals surface area contributed by atoms with Gasteiger partial charge in [-0.1, -0.05) is 48.4 Å². The number of amides is 3. The van der Waals surface area contributed by atoms with Crippen LogP contribution in [-0.2, 0) is 35.0 Å². The number of methoxy groups -OCH3 is 2. The molecule has 0 unspecified atom stereocenters. The number of epoxide rings is 1. The minimum absolute atomic E-state index is 0.0599. The van der Waals surface area contributed by atoms with Crippen molar-refractivity contribution in [2.75, 3.05) is 38.9 Å². The zero-order valence-electron chi connectivity index (χ0n) is 32.7. The maximum absolute atomic E-state index is 14.2. The molecular weight excluding hydrogens is 732 g/mol. The van der Waals surface area contributed by atoms with Crippen LogP contribution in [-0.4, -0.2) is 104 Å². The van der Waals surface area contributed by atoms with Gasteiger partial charge in [0.05, 0.1) is 35.9 Å². The van der Waals surface area contributed by atoms with Crippen molar-refractivity contribution in [3.63, 3.8) is 0 Å². The van der Waals surface area contributed by atoms with E-state index in [1.807, 2.05) is 32.1 Å². The van der Waals surface area contributed by atoms with Gasteiger partial charge in [-0.25, -0.2) is 9.59 Å². The number of rotatable bonds is 6. The van der Waals surface area contributed by atoms with Crippen molar-refractivity contribution in [3.05, 3.63) is 75.8 Å². The van der Waals surface area contributed by atoms with Gasteiger partial charge >= 0.3 is 12.1 Å². The molecule has 2 aromatic rings. The molecule has 8 atom stereocenters. The molecule has 4 N–H and O–H groups in total. The van der Waals surface area contributed by atoms with Gasteiger partial charge in [0.1, 0.15) is 35.7 Å². The van der Waals surface area contributed by atoms with Crippen molar-refractivity contribution in [2.24, 2.45) is 5.92 Å². The fourth-order valence-electron chi connectivity index (χ4n) is 7.29. The molecule has 3 heterocycles. The number of likely N-dealkylation sites (N-methyl/N-ethyl adjacent to an activating group) is 1. The van der Waals surface area contributed by atoms with Crippen LogP contribution < -0.4 is 20.7 Å².